The Labute approximate surface area is 75.1 Å². The molecule has 0 aliphatic carbocycles. The van der Waals surface area contributed by atoms with Gasteiger partial charge in [-0.3, -0.25) is 0 Å². The van der Waals surface area contributed by atoms with Gasteiger partial charge in [0.1, 0.15) is 0 Å². The number of ether oxygens (including phenoxy) is 1. The van der Waals surface area contributed by atoms with Gasteiger partial charge in [0.2, 0.25) is 5.88 Å². The van der Waals surface area contributed by atoms with Crippen molar-refractivity contribution in [2.45, 2.75) is 5.56 Å². The molecular formula is C7H7Cl2NO. The third kappa shape index (κ3) is 2.95. The summed E-state index contributed by atoms with van der Waals surface area (Å²) in [6.07, 6.45) is 1.63. The predicted octanol–water partition coefficient (Wildman–Crippen LogP) is 2.26. The highest BCUT2D eigenvalue weighted by molar-refractivity contribution is 6.27. The second-order valence-electron chi connectivity index (χ2n) is 1.85. The van der Waals surface area contributed by atoms with Crippen LogP contribution in [0, 0.1) is 0 Å². The van der Waals surface area contributed by atoms with Gasteiger partial charge in [0, 0.05) is 12.3 Å². The van der Waals surface area contributed by atoms with Crippen molar-refractivity contribution in [3.63, 3.8) is 0 Å². The lowest BCUT2D eigenvalue weighted by Gasteiger charge is -2.06. The third-order valence-electron chi connectivity index (χ3n) is 1.01. The Hall–Kier alpha value is -0.470. The Bertz CT molecular complexity index is 205. The van der Waals surface area contributed by atoms with Crippen LogP contribution in [0.25, 0.3) is 0 Å². The Balaban J connectivity index is 2.51. The first-order valence-corrected chi connectivity index (χ1v) is 4.07. The molecule has 0 aliphatic heterocycles. The third-order valence-corrected chi connectivity index (χ3v) is 1.69. The fourth-order valence-corrected chi connectivity index (χ4v) is 0.734. The number of halogens is 2. The van der Waals surface area contributed by atoms with E-state index >= 15 is 0 Å². The number of alkyl halides is 2. The summed E-state index contributed by atoms with van der Waals surface area (Å²) in [6, 6.07) is 5.35. The summed E-state index contributed by atoms with van der Waals surface area (Å²) in [7, 11) is 0. The first kappa shape index (κ1) is 8.62. The zero-order chi connectivity index (χ0) is 8.10. The average molecular weight is 192 g/mol. The molecule has 0 aromatic carbocycles. The van der Waals surface area contributed by atoms with Crippen LogP contribution in [0.2, 0.25) is 0 Å². The fraction of sp³-hybridized carbons (Fsp3) is 0.286. The molecule has 0 amide bonds. The molecule has 0 saturated carbocycles. The summed E-state index contributed by atoms with van der Waals surface area (Å²) < 4.78 is 5.09. The van der Waals surface area contributed by atoms with E-state index in [2.05, 4.69) is 4.98 Å². The minimum atomic E-state index is -0.508. The smallest absolute Gasteiger partial charge is 0.214 e. The lowest BCUT2D eigenvalue weighted by atomic mass is 10.5. The van der Waals surface area contributed by atoms with Crippen molar-refractivity contribution < 1.29 is 4.74 Å². The Morgan fingerprint density at radius 2 is 2.36 bits per heavy atom. The molecule has 0 saturated heterocycles. The van der Waals surface area contributed by atoms with Crippen LogP contribution >= 0.6 is 23.2 Å². The molecule has 1 heterocycles. The molecule has 11 heavy (non-hydrogen) atoms. The van der Waals surface area contributed by atoms with Crippen molar-refractivity contribution in [2.75, 3.05) is 5.88 Å². The van der Waals surface area contributed by atoms with Crippen molar-refractivity contribution >= 4 is 23.2 Å². The monoisotopic (exact) mass is 191 g/mol. The minimum Gasteiger partial charge on any atom is -0.457 e. The molecule has 1 aromatic rings. The molecule has 1 rings (SSSR count). The second-order valence-corrected chi connectivity index (χ2v) is 2.65. The van der Waals surface area contributed by atoms with Crippen molar-refractivity contribution in [1.29, 1.82) is 0 Å². The highest BCUT2D eigenvalue weighted by atomic mass is 35.5. The summed E-state index contributed by atoms with van der Waals surface area (Å²) >= 11 is 11.0. The van der Waals surface area contributed by atoms with E-state index in [0.29, 0.717) is 5.88 Å². The van der Waals surface area contributed by atoms with Crippen molar-refractivity contribution in [1.82, 2.24) is 4.98 Å². The Kier molecular flexibility index (Phi) is 3.46. The largest absolute Gasteiger partial charge is 0.457 e. The summed E-state index contributed by atoms with van der Waals surface area (Å²) in [4.78, 5) is 3.90. The van der Waals surface area contributed by atoms with Crippen LogP contribution in [-0.2, 0) is 0 Å². The number of aromatic nitrogens is 1. The van der Waals surface area contributed by atoms with E-state index in [9.17, 15) is 0 Å². The van der Waals surface area contributed by atoms with E-state index in [-0.39, 0.29) is 5.88 Å². The van der Waals surface area contributed by atoms with E-state index in [4.69, 9.17) is 27.9 Å². The maximum Gasteiger partial charge on any atom is 0.214 e. The van der Waals surface area contributed by atoms with E-state index < -0.39 is 5.56 Å². The van der Waals surface area contributed by atoms with Crippen LogP contribution in [0.1, 0.15) is 0 Å². The van der Waals surface area contributed by atoms with E-state index in [1.54, 1.807) is 18.3 Å². The molecule has 0 N–H and O–H groups in total. The van der Waals surface area contributed by atoms with Crippen LogP contribution in [-0.4, -0.2) is 16.4 Å². The van der Waals surface area contributed by atoms with Gasteiger partial charge in [-0.25, -0.2) is 4.98 Å². The summed E-state index contributed by atoms with van der Waals surface area (Å²) in [5.74, 6) is 0.742. The molecule has 0 fully saturated rings. The van der Waals surface area contributed by atoms with Crippen molar-refractivity contribution in [2.24, 2.45) is 0 Å². The van der Waals surface area contributed by atoms with Gasteiger partial charge in [0.05, 0.1) is 5.88 Å². The molecule has 0 spiro atoms. The lowest BCUT2D eigenvalue weighted by molar-refractivity contribution is 0.292. The number of nitrogens with zero attached hydrogens (tertiary/aromatic N) is 1. The zero-order valence-electron chi connectivity index (χ0n) is 5.71. The van der Waals surface area contributed by atoms with Crippen LogP contribution in [0.3, 0.4) is 0 Å². The molecular weight excluding hydrogens is 185 g/mol. The van der Waals surface area contributed by atoms with Crippen LogP contribution in [0.15, 0.2) is 24.4 Å². The molecule has 0 radical (unpaired) electrons. The first-order chi connectivity index (χ1) is 5.33. The highest BCUT2D eigenvalue weighted by Crippen LogP contribution is 2.09. The molecule has 0 bridgehead atoms. The molecule has 1 atom stereocenters. The normalized spacial score (nSPS) is 12.5. The first-order valence-electron chi connectivity index (χ1n) is 3.10. The Morgan fingerprint density at radius 1 is 1.55 bits per heavy atom. The van der Waals surface area contributed by atoms with E-state index in [0.717, 1.165) is 0 Å². The second kappa shape index (κ2) is 4.42. The lowest BCUT2D eigenvalue weighted by Crippen LogP contribution is -2.10. The number of hydrogen-bond donors (Lipinski definition) is 0. The van der Waals surface area contributed by atoms with Gasteiger partial charge in [-0.2, -0.15) is 0 Å². The van der Waals surface area contributed by atoms with E-state index in [1.807, 2.05) is 6.07 Å². The summed E-state index contributed by atoms with van der Waals surface area (Å²) in [5, 5.41) is 0. The average Bonchev–Trinajstić information content (AvgIpc) is 2.06. The Morgan fingerprint density at radius 3 is 2.91 bits per heavy atom. The summed E-state index contributed by atoms with van der Waals surface area (Å²) in [6.45, 7) is 0. The summed E-state index contributed by atoms with van der Waals surface area (Å²) in [5.41, 5.74) is -0.508. The van der Waals surface area contributed by atoms with Crippen molar-refractivity contribution in [3.8, 4) is 5.88 Å². The standard InChI is InChI=1S/C7H7Cl2NO/c8-5-6(9)11-7-3-1-2-4-10-7/h1-4,6H,5H2. The highest BCUT2D eigenvalue weighted by Gasteiger charge is 2.03. The van der Waals surface area contributed by atoms with Gasteiger partial charge >= 0.3 is 0 Å². The number of pyridine rings is 1. The van der Waals surface area contributed by atoms with Gasteiger partial charge in [-0.05, 0) is 6.07 Å². The zero-order valence-corrected chi connectivity index (χ0v) is 7.22. The minimum absolute atomic E-state index is 0.248. The quantitative estimate of drug-likeness (QED) is 0.685. The van der Waals surface area contributed by atoms with E-state index in [1.165, 1.54) is 0 Å². The fourth-order valence-electron chi connectivity index (χ4n) is 0.579. The van der Waals surface area contributed by atoms with Crippen LogP contribution < -0.4 is 4.74 Å². The van der Waals surface area contributed by atoms with Gasteiger partial charge < -0.3 is 4.74 Å². The molecule has 4 heteroatoms. The maximum atomic E-state index is 5.61. The van der Waals surface area contributed by atoms with Gasteiger partial charge in [-0.15, -0.1) is 11.6 Å². The van der Waals surface area contributed by atoms with Crippen LogP contribution in [0.5, 0.6) is 5.88 Å². The molecule has 1 aromatic heterocycles. The maximum absolute atomic E-state index is 5.61. The number of rotatable bonds is 3. The van der Waals surface area contributed by atoms with Gasteiger partial charge in [-0.1, -0.05) is 17.7 Å². The SMILES string of the molecule is ClCC(Cl)Oc1ccccn1. The van der Waals surface area contributed by atoms with Gasteiger partial charge in [0.25, 0.3) is 0 Å². The molecule has 2 nitrogen and oxygen atoms in total. The number of hydrogen-bond acceptors (Lipinski definition) is 2. The van der Waals surface area contributed by atoms with Gasteiger partial charge in [0.15, 0.2) is 5.56 Å². The topological polar surface area (TPSA) is 22.1 Å². The van der Waals surface area contributed by atoms with Crippen LogP contribution in [0.4, 0.5) is 0 Å². The predicted molar refractivity (Wildman–Crippen MR) is 45.2 cm³/mol. The van der Waals surface area contributed by atoms with Crippen molar-refractivity contribution in [3.05, 3.63) is 24.4 Å². The molecule has 0 aliphatic rings. The molecule has 1 unspecified atom stereocenters. The molecule has 60 valence electrons.